The number of furan rings is 1. The Morgan fingerprint density at radius 3 is 2.04 bits per heavy atom. The molecule has 0 unspecified atom stereocenters. The van der Waals surface area contributed by atoms with Gasteiger partial charge in [0.05, 0.1) is 5.58 Å². The molecular weight excluding hydrogens is 825 g/mol. The number of hydrogen-bond donors (Lipinski definition) is 0. The van der Waals surface area contributed by atoms with Gasteiger partial charge in [-0.05, 0) is 85.1 Å². The molecule has 8 aromatic rings. The molecule has 0 N–H and O–H groups in total. The first-order chi connectivity index (χ1) is 24.8. The zero-order chi connectivity index (χ0) is 36.4. The molecule has 9 rings (SSSR count). The summed E-state index contributed by atoms with van der Waals surface area (Å²) < 4.78 is 6.33. The van der Waals surface area contributed by atoms with Gasteiger partial charge in [-0.25, -0.2) is 0 Å². The van der Waals surface area contributed by atoms with E-state index in [1.807, 2.05) is 30.6 Å². The fraction of sp³-hybridized carbons (Fsp3) is 0.224. The number of nitrogens with zero attached hydrogens (tertiary/aromatic N) is 2. The van der Waals surface area contributed by atoms with Gasteiger partial charge in [0.1, 0.15) is 5.58 Å². The fourth-order valence-corrected chi connectivity index (χ4v) is 7.54. The SMILES string of the molecule is CC(C)(C)c1c[c-]c(-c2ccc(C(C)(C)C)cn2)cc1.CC1(C)c2cc3ccccc3cc2-c2ccnc(-c3[c-]ccc4c3oc3ccccc34)c21.[Ir]. The van der Waals surface area contributed by atoms with E-state index in [0.29, 0.717) is 0 Å². The van der Waals surface area contributed by atoms with E-state index in [0.717, 1.165) is 44.5 Å². The molecule has 3 nitrogen and oxygen atoms in total. The molecule has 0 amide bonds. The Balaban J connectivity index is 0.000000180. The van der Waals surface area contributed by atoms with Crippen LogP contribution in [0.25, 0.3) is 66.4 Å². The van der Waals surface area contributed by atoms with E-state index in [-0.39, 0.29) is 36.4 Å². The van der Waals surface area contributed by atoms with Crippen LogP contribution in [-0.4, -0.2) is 9.97 Å². The first-order valence-electron chi connectivity index (χ1n) is 18.2. The zero-order valence-corrected chi connectivity index (χ0v) is 34.1. The van der Waals surface area contributed by atoms with Crippen molar-refractivity contribution in [1.82, 2.24) is 9.97 Å². The first kappa shape index (κ1) is 36.5. The Morgan fingerprint density at radius 2 is 1.36 bits per heavy atom. The topological polar surface area (TPSA) is 38.9 Å². The molecule has 3 heterocycles. The second-order valence-electron chi connectivity index (χ2n) is 16.6. The van der Waals surface area contributed by atoms with Gasteiger partial charge in [0.2, 0.25) is 0 Å². The van der Waals surface area contributed by atoms with Crippen LogP contribution in [0.5, 0.6) is 0 Å². The van der Waals surface area contributed by atoms with Crippen LogP contribution < -0.4 is 0 Å². The average Bonchev–Trinajstić information content (AvgIpc) is 3.62. The van der Waals surface area contributed by atoms with Gasteiger partial charge >= 0.3 is 0 Å². The van der Waals surface area contributed by atoms with Crippen molar-refractivity contribution in [2.45, 2.75) is 71.6 Å². The third-order valence-electron chi connectivity index (χ3n) is 10.6. The summed E-state index contributed by atoms with van der Waals surface area (Å²) in [4.78, 5) is 9.47. The van der Waals surface area contributed by atoms with E-state index < -0.39 is 0 Å². The zero-order valence-electron chi connectivity index (χ0n) is 31.7. The summed E-state index contributed by atoms with van der Waals surface area (Å²) in [5.74, 6) is 0. The van der Waals surface area contributed by atoms with Gasteiger partial charge in [-0.15, -0.1) is 53.6 Å². The minimum Gasteiger partial charge on any atom is -0.501 e. The van der Waals surface area contributed by atoms with E-state index in [9.17, 15) is 0 Å². The van der Waals surface area contributed by atoms with E-state index in [1.165, 1.54) is 44.2 Å². The number of benzene rings is 5. The van der Waals surface area contributed by atoms with E-state index >= 15 is 0 Å². The molecule has 5 aromatic carbocycles. The Hall–Kier alpha value is -4.89. The molecule has 0 saturated carbocycles. The number of para-hydroxylation sites is 1. The minimum absolute atomic E-state index is 0. The van der Waals surface area contributed by atoms with Crippen LogP contribution in [0.2, 0.25) is 0 Å². The Kier molecular flexibility index (Phi) is 9.29. The van der Waals surface area contributed by atoms with Crippen LogP contribution in [0.15, 0.2) is 126 Å². The third-order valence-corrected chi connectivity index (χ3v) is 10.6. The quantitative estimate of drug-likeness (QED) is 0.163. The molecule has 1 aliphatic carbocycles. The molecule has 4 heteroatoms. The summed E-state index contributed by atoms with van der Waals surface area (Å²) in [6.07, 6.45) is 3.89. The van der Waals surface area contributed by atoms with E-state index in [4.69, 9.17) is 9.40 Å². The number of rotatable bonds is 2. The number of hydrogen-bond acceptors (Lipinski definition) is 3. The van der Waals surface area contributed by atoms with Crippen LogP contribution in [0.4, 0.5) is 0 Å². The minimum atomic E-state index is -0.180. The maximum absolute atomic E-state index is 6.33. The molecule has 0 fully saturated rings. The maximum Gasteiger partial charge on any atom is 0.120 e. The fourth-order valence-electron chi connectivity index (χ4n) is 7.54. The van der Waals surface area contributed by atoms with Crippen molar-refractivity contribution >= 4 is 32.7 Å². The second-order valence-corrected chi connectivity index (χ2v) is 16.6. The predicted octanol–water partition coefficient (Wildman–Crippen LogP) is 13.0. The van der Waals surface area contributed by atoms with Crippen LogP contribution >= 0.6 is 0 Å². The smallest absolute Gasteiger partial charge is 0.120 e. The van der Waals surface area contributed by atoms with Crippen molar-refractivity contribution in [3.05, 3.63) is 156 Å². The first-order valence-corrected chi connectivity index (χ1v) is 18.2. The van der Waals surface area contributed by atoms with Crippen molar-refractivity contribution < 1.29 is 24.5 Å². The molecule has 0 aliphatic heterocycles. The number of pyridine rings is 2. The van der Waals surface area contributed by atoms with Crippen molar-refractivity contribution in [1.29, 1.82) is 0 Å². The average molecular weight is 869 g/mol. The molecule has 0 saturated heterocycles. The summed E-state index contributed by atoms with van der Waals surface area (Å²) in [6.45, 7) is 17.9. The Bertz CT molecular complexity index is 2540. The van der Waals surface area contributed by atoms with Crippen molar-refractivity contribution in [3.63, 3.8) is 0 Å². The molecule has 53 heavy (non-hydrogen) atoms. The molecule has 1 aliphatic rings. The van der Waals surface area contributed by atoms with E-state index in [1.54, 1.807) is 0 Å². The third kappa shape index (κ3) is 6.54. The van der Waals surface area contributed by atoms with Gasteiger partial charge in [-0.1, -0.05) is 121 Å². The monoisotopic (exact) mass is 869 g/mol. The second kappa shape index (κ2) is 13.5. The Morgan fingerprint density at radius 1 is 0.660 bits per heavy atom. The number of aromatic nitrogens is 2. The summed E-state index contributed by atoms with van der Waals surface area (Å²) in [5.41, 5.74) is 13.5. The standard InChI is InChI=1S/C30H20NO.C19H24N.Ir/c1-30(2)25-17-19-9-4-3-8-18(19)16-24(25)21-14-15-31-28(27(21)30)23-12-7-11-22-20-10-5-6-13-26(20)32-29(22)23;1-18(2,3)15-9-7-14(8-10-15)17-12-11-16(13-20-17)19(4,5)6;/h3-11,13-17H,1-2H3;7,9-13H,1-6H3;/q2*-1;. The van der Waals surface area contributed by atoms with Crippen molar-refractivity contribution in [2.75, 3.05) is 0 Å². The summed E-state index contributed by atoms with van der Waals surface area (Å²) in [6, 6.07) is 45.1. The molecular formula is C49H44IrN2O-2. The summed E-state index contributed by atoms with van der Waals surface area (Å²) in [7, 11) is 0. The van der Waals surface area contributed by atoms with Crippen LogP contribution in [-0.2, 0) is 36.4 Å². The van der Waals surface area contributed by atoms with Crippen LogP contribution in [0, 0.1) is 12.1 Å². The van der Waals surface area contributed by atoms with E-state index in [2.05, 4.69) is 164 Å². The van der Waals surface area contributed by atoms with Gasteiger partial charge in [-0.3, -0.25) is 0 Å². The molecule has 3 aromatic heterocycles. The van der Waals surface area contributed by atoms with Gasteiger partial charge in [0, 0.05) is 43.3 Å². The van der Waals surface area contributed by atoms with Gasteiger partial charge in [0.15, 0.2) is 0 Å². The summed E-state index contributed by atoms with van der Waals surface area (Å²) in [5, 5.41) is 4.76. The predicted molar refractivity (Wildman–Crippen MR) is 217 cm³/mol. The number of fused-ring (bicyclic) bond motifs is 7. The van der Waals surface area contributed by atoms with Crippen LogP contribution in [0.3, 0.4) is 0 Å². The van der Waals surface area contributed by atoms with Crippen molar-refractivity contribution in [2.24, 2.45) is 0 Å². The maximum atomic E-state index is 6.33. The largest absolute Gasteiger partial charge is 0.501 e. The molecule has 1 radical (unpaired) electrons. The molecule has 0 atom stereocenters. The molecule has 0 bridgehead atoms. The van der Waals surface area contributed by atoms with Gasteiger partial charge < -0.3 is 14.4 Å². The normalized spacial score (nSPS) is 13.3. The Labute approximate surface area is 326 Å². The van der Waals surface area contributed by atoms with Crippen LogP contribution in [0.1, 0.15) is 77.6 Å². The van der Waals surface area contributed by atoms with Gasteiger partial charge in [-0.2, -0.15) is 0 Å². The molecule has 0 spiro atoms. The van der Waals surface area contributed by atoms with Gasteiger partial charge in [0.25, 0.3) is 0 Å². The van der Waals surface area contributed by atoms with Crippen molar-refractivity contribution in [3.8, 4) is 33.6 Å². The summed E-state index contributed by atoms with van der Waals surface area (Å²) >= 11 is 0. The molecule has 267 valence electrons.